The Morgan fingerprint density at radius 3 is 2.73 bits per heavy atom. The second-order valence-electron chi connectivity index (χ2n) is 6.77. The van der Waals surface area contributed by atoms with E-state index >= 15 is 0 Å². The van der Waals surface area contributed by atoms with Crippen molar-refractivity contribution in [1.82, 2.24) is 9.62 Å². The summed E-state index contributed by atoms with van der Waals surface area (Å²) < 4.78 is 37.7. The number of carbonyl (C=O) groups excluding carboxylic acids is 1. The molecule has 1 atom stereocenters. The summed E-state index contributed by atoms with van der Waals surface area (Å²) in [5.74, 6) is 0.298. The fourth-order valence-electron chi connectivity index (χ4n) is 3.25. The molecule has 0 unspecified atom stereocenters. The predicted molar refractivity (Wildman–Crippen MR) is 96.7 cm³/mol. The highest BCUT2D eigenvalue weighted by Gasteiger charge is 2.27. The Labute approximate surface area is 154 Å². The minimum Gasteiger partial charge on any atom is -0.484 e. The first-order chi connectivity index (χ1) is 12.5. The Kier molecular flexibility index (Phi) is 6.16. The molecule has 2 aliphatic heterocycles. The van der Waals surface area contributed by atoms with Crippen LogP contribution in [-0.2, 0) is 19.6 Å². The van der Waals surface area contributed by atoms with E-state index in [1.165, 1.54) is 4.31 Å². The second-order valence-corrected chi connectivity index (χ2v) is 8.70. The SMILES string of the molecule is Cc1cc(S(=O)(=O)N2CCCC2)ccc1OCC(=O)NC[C@H]1CCCO1. The Bertz CT molecular complexity index is 738. The maximum Gasteiger partial charge on any atom is 0.258 e. The number of nitrogens with one attached hydrogen (secondary N) is 1. The lowest BCUT2D eigenvalue weighted by Gasteiger charge is -2.17. The number of nitrogens with zero attached hydrogens (tertiary/aromatic N) is 1. The summed E-state index contributed by atoms with van der Waals surface area (Å²) >= 11 is 0. The normalized spacial score (nSPS) is 21.0. The van der Waals surface area contributed by atoms with Crippen LogP contribution in [-0.4, -0.2) is 57.6 Å². The highest BCUT2D eigenvalue weighted by Crippen LogP contribution is 2.26. The number of sulfonamides is 1. The molecule has 2 saturated heterocycles. The molecular formula is C18H26N2O5S. The van der Waals surface area contributed by atoms with E-state index in [0.29, 0.717) is 30.9 Å². The van der Waals surface area contributed by atoms with Gasteiger partial charge in [-0.3, -0.25) is 4.79 Å². The molecule has 2 aliphatic rings. The first-order valence-electron chi connectivity index (χ1n) is 9.09. The summed E-state index contributed by atoms with van der Waals surface area (Å²) in [6.45, 7) is 4.07. The molecule has 7 nitrogen and oxygen atoms in total. The molecule has 2 heterocycles. The van der Waals surface area contributed by atoms with Crippen molar-refractivity contribution in [1.29, 1.82) is 0 Å². The van der Waals surface area contributed by atoms with E-state index in [2.05, 4.69) is 5.32 Å². The smallest absolute Gasteiger partial charge is 0.258 e. The van der Waals surface area contributed by atoms with E-state index in [1.54, 1.807) is 25.1 Å². The number of hydrogen-bond donors (Lipinski definition) is 1. The molecule has 8 heteroatoms. The van der Waals surface area contributed by atoms with Crippen molar-refractivity contribution in [2.24, 2.45) is 0 Å². The molecule has 0 spiro atoms. The Morgan fingerprint density at radius 2 is 2.08 bits per heavy atom. The van der Waals surface area contributed by atoms with Gasteiger partial charge in [0.05, 0.1) is 11.0 Å². The van der Waals surface area contributed by atoms with Crippen LogP contribution in [0.25, 0.3) is 0 Å². The molecule has 144 valence electrons. The van der Waals surface area contributed by atoms with Crippen molar-refractivity contribution in [2.45, 2.75) is 43.6 Å². The van der Waals surface area contributed by atoms with Crippen LogP contribution in [0, 0.1) is 6.92 Å². The quantitative estimate of drug-likeness (QED) is 0.772. The molecular weight excluding hydrogens is 356 g/mol. The van der Waals surface area contributed by atoms with E-state index in [-0.39, 0.29) is 23.5 Å². The van der Waals surface area contributed by atoms with Crippen molar-refractivity contribution in [2.75, 3.05) is 32.8 Å². The largest absolute Gasteiger partial charge is 0.484 e. The van der Waals surface area contributed by atoms with Crippen LogP contribution < -0.4 is 10.1 Å². The van der Waals surface area contributed by atoms with Crippen LogP contribution in [0.15, 0.2) is 23.1 Å². The highest BCUT2D eigenvalue weighted by atomic mass is 32.2. The fraction of sp³-hybridized carbons (Fsp3) is 0.611. The fourth-order valence-corrected chi connectivity index (χ4v) is 4.85. The van der Waals surface area contributed by atoms with E-state index in [9.17, 15) is 13.2 Å². The van der Waals surface area contributed by atoms with Gasteiger partial charge in [-0.1, -0.05) is 0 Å². The lowest BCUT2D eigenvalue weighted by molar-refractivity contribution is -0.123. The van der Waals surface area contributed by atoms with Gasteiger partial charge in [-0.15, -0.1) is 0 Å². The number of hydrogen-bond acceptors (Lipinski definition) is 5. The van der Waals surface area contributed by atoms with Crippen LogP contribution in [0.2, 0.25) is 0 Å². The number of amides is 1. The summed E-state index contributed by atoms with van der Waals surface area (Å²) in [7, 11) is -3.44. The third kappa shape index (κ3) is 4.55. The van der Waals surface area contributed by atoms with Gasteiger partial charge in [0, 0.05) is 26.2 Å². The lowest BCUT2D eigenvalue weighted by atomic mass is 10.2. The van der Waals surface area contributed by atoms with E-state index in [1.807, 2.05) is 0 Å². The molecule has 0 aliphatic carbocycles. The number of benzene rings is 1. The average molecular weight is 382 g/mol. The maximum atomic E-state index is 12.6. The Balaban J connectivity index is 1.54. The number of ether oxygens (including phenoxy) is 2. The minimum atomic E-state index is -3.44. The van der Waals surface area contributed by atoms with Gasteiger partial charge in [-0.05, 0) is 56.4 Å². The topological polar surface area (TPSA) is 84.9 Å². The zero-order valence-electron chi connectivity index (χ0n) is 15.1. The van der Waals surface area contributed by atoms with Gasteiger partial charge in [-0.25, -0.2) is 8.42 Å². The molecule has 1 aromatic rings. The Hall–Kier alpha value is -1.64. The van der Waals surface area contributed by atoms with Gasteiger partial charge < -0.3 is 14.8 Å². The molecule has 1 amide bonds. The Morgan fingerprint density at radius 1 is 1.31 bits per heavy atom. The van der Waals surface area contributed by atoms with Crippen molar-refractivity contribution in [3.63, 3.8) is 0 Å². The van der Waals surface area contributed by atoms with Crippen LogP contribution >= 0.6 is 0 Å². The van der Waals surface area contributed by atoms with Crippen molar-refractivity contribution in [3.8, 4) is 5.75 Å². The number of rotatable bonds is 7. The highest BCUT2D eigenvalue weighted by molar-refractivity contribution is 7.89. The number of carbonyl (C=O) groups is 1. The van der Waals surface area contributed by atoms with Crippen LogP contribution in [0.1, 0.15) is 31.2 Å². The molecule has 0 saturated carbocycles. The van der Waals surface area contributed by atoms with E-state index < -0.39 is 10.0 Å². The summed E-state index contributed by atoms with van der Waals surface area (Å²) in [5.41, 5.74) is 0.692. The molecule has 0 aromatic heterocycles. The van der Waals surface area contributed by atoms with Crippen molar-refractivity contribution >= 4 is 15.9 Å². The lowest BCUT2D eigenvalue weighted by Crippen LogP contribution is -2.35. The third-order valence-electron chi connectivity index (χ3n) is 4.76. The van der Waals surface area contributed by atoms with Gasteiger partial charge in [0.1, 0.15) is 5.75 Å². The number of aryl methyl sites for hydroxylation is 1. The van der Waals surface area contributed by atoms with Gasteiger partial charge in [-0.2, -0.15) is 4.31 Å². The molecule has 0 radical (unpaired) electrons. The van der Waals surface area contributed by atoms with Crippen molar-refractivity contribution < 1.29 is 22.7 Å². The summed E-state index contributed by atoms with van der Waals surface area (Å²) in [6.07, 6.45) is 3.90. The average Bonchev–Trinajstić information content (AvgIpc) is 3.32. The second kappa shape index (κ2) is 8.37. The zero-order chi connectivity index (χ0) is 18.6. The first kappa shape index (κ1) is 19.1. The van der Waals surface area contributed by atoms with Gasteiger partial charge in [0.25, 0.3) is 5.91 Å². The van der Waals surface area contributed by atoms with Gasteiger partial charge in [0.2, 0.25) is 10.0 Å². The molecule has 26 heavy (non-hydrogen) atoms. The summed E-state index contributed by atoms with van der Waals surface area (Å²) in [5, 5.41) is 2.80. The molecule has 0 bridgehead atoms. The zero-order valence-corrected chi connectivity index (χ0v) is 15.9. The van der Waals surface area contributed by atoms with E-state index in [4.69, 9.17) is 9.47 Å². The molecule has 1 aromatic carbocycles. The summed E-state index contributed by atoms with van der Waals surface area (Å²) in [4.78, 5) is 12.2. The molecule has 3 rings (SSSR count). The van der Waals surface area contributed by atoms with Crippen LogP contribution in [0.3, 0.4) is 0 Å². The van der Waals surface area contributed by atoms with Crippen LogP contribution in [0.4, 0.5) is 0 Å². The van der Waals surface area contributed by atoms with Gasteiger partial charge in [0.15, 0.2) is 6.61 Å². The monoisotopic (exact) mass is 382 g/mol. The van der Waals surface area contributed by atoms with Crippen molar-refractivity contribution in [3.05, 3.63) is 23.8 Å². The van der Waals surface area contributed by atoms with E-state index in [0.717, 1.165) is 32.3 Å². The third-order valence-corrected chi connectivity index (χ3v) is 6.65. The van der Waals surface area contributed by atoms with Gasteiger partial charge >= 0.3 is 0 Å². The molecule has 2 fully saturated rings. The maximum absolute atomic E-state index is 12.6. The standard InChI is InChI=1S/C18H26N2O5S/c1-14-11-16(26(22,23)20-8-2-3-9-20)6-7-17(14)25-13-18(21)19-12-15-5-4-10-24-15/h6-7,11,15H,2-5,8-10,12-13H2,1H3,(H,19,21)/t15-/m1/s1. The minimum absolute atomic E-state index is 0.0933. The van der Waals surface area contributed by atoms with Crippen LogP contribution in [0.5, 0.6) is 5.75 Å². The predicted octanol–water partition coefficient (Wildman–Crippen LogP) is 1.45. The molecule has 1 N–H and O–H groups in total. The first-order valence-corrected chi connectivity index (χ1v) is 10.5. The summed E-state index contributed by atoms with van der Waals surface area (Å²) in [6, 6.07) is 4.76.